The zero-order valence-corrected chi connectivity index (χ0v) is 13.8. The van der Waals surface area contributed by atoms with Gasteiger partial charge in [-0.1, -0.05) is 12.1 Å². The first-order chi connectivity index (χ1) is 10.7. The highest BCUT2D eigenvalue weighted by molar-refractivity contribution is 14.1. The lowest BCUT2D eigenvalue weighted by Crippen LogP contribution is -2.28. The number of ether oxygens (including phenoxy) is 3. The molecular formula is C16H14INO4. The summed E-state index contributed by atoms with van der Waals surface area (Å²) in [6, 6.07) is 13.2. The van der Waals surface area contributed by atoms with Gasteiger partial charge < -0.3 is 19.5 Å². The zero-order valence-electron chi connectivity index (χ0n) is 11.7. The minimum atomic E-state index is -0.170. The van der Waals surface area contributed by atoms with E-state index in [0.717, 1.165) is 14.9 Å². The topological polar surface area (TPSA) is 56.8 Å². The molecule has 1 amide bonds. The highest BCUT2D eigenvalue weighted by atomic mass is 127. The summed E-state index contributed by atoms with van der Waals surface area (Å²) < 4.78 is 17.1. The Morgan fingerprint density at radius 2 is 2.05 bits per heavy atom. The third kappa shape index (κ3) is 3.82. The van der Waals surface area contributed by atoms with E-state index in [1.807, 2.05) is 42.5 Å². The van der Waals surface area contributed by atoms with Gasteiger partial charge in [-0.3, -0.25) is 4.79 Å². The van der Waals surface area contributed by atoms with Crippen molar-refractivity contribution < 1.29 is 19.0 Å². The number of hydrogen-bond donors (Lipinski definition) is 1. The minimum Gasteiger partial charge on any atom is -0.484 e. The summed E-state index contributed by atoms with van der Waals surface area (Å²) in [4.78, 5) is 11.8. The van der Waals surface area contributed by atoms with E-state index < -0.39 is 0 Å². The van der Waals surface area contributed by atoms with Crippen LogP contribution in [0.4, 0.5) is 0 Å². The smallest absolute Gasteiger partial charge is 0.258 e. The third-order valence-electron chi connectivity index (χ3n) is 3.09. The van der Waals surface area contributed by atoms with Crippen LogP contribution < -0.4 is 19.5 Å². The molecule has 0 unspecified atom stereocenters. The molecule has 1 aliphatic rings. The summed E-state index contributed by atoms with van der Waals surface area (Å²) in [6.45, 7) is 0.657. The maximum Gasteiger partial charge on any atom is 0.258 e. The molecule has 0 atom stereocenters. The second kappa shape index (κ2) is 6.87. The highest BCUT2D eigenvalue weighted by Crippen LogP contribution is 2.32. The van der Waals surface area contributed by atoms with Gasteiger partial charge in [0.15, 0.2) is 18.1 Å². The molecule has 1 heterocycles. The standard InChI is InChI=1S/C16H14INO4/c17-12-2-1-3-13(7-12)20-9-16(19)18-8-11-4-5-14-15(6-11)22-10-21-14/h1-7H,8-10H2,(H,18,19). The molecule has 0 aliphatic carbocycles. The third-order valence-corrected chi connectivity index (χ3v) is 3.76. The highest BCUT2D eigenvalue weighted by Gasteiger charge is 2.13. The van der Waals surface area contributed by atoms with Gasteiger partial charge in [0.1, 0.15) is 5.75 Å². The van der Waals surface area contributed by atoms with Gasteiger partial charge in [-0.25, -0.2) is 0 Å². The maximum atomic E-state index is 11.8. The molecule has 114 valence electrons. The van der Waals surface area contributed by atoms with Gasteiger partial charge in [0, 0.05) is 10.1 Å². The average Bonchev–Trinajstić information content (AvgIpc) is 2.98. The number of amides is 1. The van der Waals surface area contributed by atoms with E-state index in [1.165, 1.54) is 0 Å². The molecule has 2 aromatic carbocycles. The van der Waals surface area contributed by atoms with Gasteiger partial charge in [0.2, 0.25) is 6.79 Å². The first-order valence-corrected chi connectivity index (χ1v) is 7.82. The molecule has 0 spiro atoms. The summed E-state index contributed by atoms with van der Waals surface area (Å²) in [5.74, 6) is 1.96. The number of halogens is 1. The number of rotatable bonds is 5. The Morgan fingerprint density at radius 3 is 2.91 bits per heavy atom. The van der Waals surface area contributed by atoms with Crippen LogP contribution in [0, 0.1) is 3.57 Å². The Labute approximate surface area is 141 Å². The van der Waals surface area contributed by atoms with Crippen LogP contribution in [-0.2, 0) is 11.3 Å². The van der Waals surface area contributed by atoms with Gasteiger partial charge in [0.05, 0.1) is 0 Å². The van der Waals surface area contributed by atoms with E-state index in [-0.39, 0.29) is 19.3 Å². The van der Waals surface area contributed by atoms with Crippen LogP contribution in [0.1, 0.15) is 5.56 Å². The monoisotopic (exact) mass is 411 g/mol. The Hall–Kier alpha value is -1.96. The largest absolute Gasteiger partial charge is 0.484 e. The lowest BCUT2D eigenvalue weighted by Gasteiger charge is -2.08. The Bertz CT molecular complexity index is 690. The number of carbonyl (C=O) groups excluding carboxylic acids is 1. The number of fused-ring (bicyclic) bond motifs is 1. The van der Waals surface area contributed by atoms with E-state index in [9.17, 15) is 4.79 Å². The average molecular weight is 411 g/mol. The molecule has 1 aliphatic heterocycles. The van der Waals surface area contributed by atoms with Crippen LogP contribution in [-0.4, -0.2) is 19.3 Å². The predicted molar refractivity (Wildman–Crippen MR) is 89.1 cm³/mol. The van der Waals surface area contributed by atoms with E-state index >= 15 is 0 Å². The van der Waals surface area contributed by atoms with Gasteiger partial charge in [-0.2, -0.15) is 0 Å². The normalized spacial score (nSPS) is 12.0. The SMILES string of the molecule is O=C(COc1cccc(I)c1)NCc1ccc2c(c1)OCO2. The predicted octanol–water partition coefficient (Wildman–Crippen LogP) is 2.72. The van der Waals surface area contributed by atoms with Crippen molar-refractivity contribution in [1.29, 1.82) is 0 Å². The van der Waals surface area contributed by atoms with Crippen molar-refractivity contribution in [3.05, 3.63) is 51.6 Å². The molecule has 0 aromatic heterocycles. The maximum absolute atomic E-state index is 11.8. The van der Waals surface area contributed by atoms with E-state index in [0.29, 0.717) is 18.0 Å². The quantitative estimate of drug-likeness (QED) is 0.769. The van der Waals surface area contributed by atoms with Crippen LogP contribution in [0.25, 0.3) is 0 Å². The summed E-state index contributed by atoms with van der Waals surface area (Å²) >= 11 is 2.20. The fourth-order valence-corrected chi connectivity index (χ4v) is 2.52. The van der Waals surface area contributed by atoms with Crippen LogP contribution in [0.2, 0.25) is 0 Å². The van der Waals surface area contributed by atoms with Crippen LogP contribution in [0.3, 0.4) is 0 Å². The van der Waals surface area contributed by atoms with Crippen molar-refractivity contribution in [1.82, 2.24) is 5.32 Å². The van der Waals surface area contributed by atoms with Gasteiger partial charge in [-0.05, 0) is 58.5 Å². The Kier molecular flexibility index (Phi) is 4.67. The molecule has 1 N–H and O–H groups in total. The number of nitrogens with one attached hydrogen (secondary N) is 1. The van der Waals surface area contributed by atoms with Crippen molar-refractivity contribution in [3.63, 3.8) is 0 Å². The molecule has 3 rings (SSSR count). The van der Waals surface area contributed by atoms with Gasteiger partial charge in [0.25, 0.3) is 5.91 Å². The summed E-state index contributed by atoms with van der Waals surface area (Å²) in [7, 11) is 0. The fraction of sp³-hybridized carbons (Fsp3) is 0.188. The molecule has 5 nitrogen and oxygen atoms in total. The molecule has 0 saturated heterocycles. The van der Waals surface area contributed by atoms with Crippen molar-refractivity contribution in [2.45, 2.75) is 6.54 Å². The lowest BCUT2D eigenvalue weighted by atomic mass is 10.2. The van der Waals surface area contributed by atoms with Crippen molar-refractivity contribution >= 4 is 28.5 Å². The molecule has 0 saturated carbocycles. The molecule has 2 aromatic rings. The number of hydrogen-bond acceptors (Lipinski definition) is 4. The summed E-state index contributed by atoms with van der Waals surface area (Å²) in [6.07, 6.45) is 0. The molecule has 0 fully saturated rings. The van der Waals surface area contributed by atoms with Gasteiger partial charge >= 0.3 is 0 Å². The van der Waals surface area contributed by atoms with Crippen molar-refractivity contribution in [3.8, 4) is 17.2 Å². The molecule has 0 radical (unpaired) electrons. The first kappa shape index (κ1) is 15.0. The molecular weight excluding hydrogens is 397 g/mol. The van der Waals surface area contributed by atoms with Gasteiger partial charge in [-0.15, -0.1) is 0 Å². The first-order valence-electron chi connectivity index (χ1n) is 6.74. The van der Waals surface area contributed by atoms with Crippen molar-refractivity contribution in [2.24, 2.45) is 0 Å². The van der Waals surface area contributed by atoms with E-state index in [1.54, 1.807) is 0 Å². The molecule has 0 bridgehead atoms. The Morgan fingerprint density at radius 1 is 1.18 bits per heavy atom. The fourth-order valence-electron chi connectivity index (χ4n) is 2.01. The second-order valence-corrected chi connectivity index (χ2v) is 5.96. The molecule has 22 heavy (non-hydrogen) atoms. The van der Waals surface area contributed by atoms with Crippen LogP contribution in [0.5, 0.6) is 17.2 Å². The second-order valence-electron chi connectivity index (χ2n) is 4.71. The van der Waals surface area contributed by atoms with E-state index in [2.05, 4.69) is 27.9 Å². The van der Waals surface area contributed by atoms with E-state index in [4.69, 9.17) is 14.2 Å². The zero-order chi connectivity index (χ0) is 15.4. The Balaban J connectivity index is 1.48. The molecule has 6 heteroatoms. The summed E-state index contributed by atoms with van der Waals surface area (Å²) in [5, 5.41) is 2.81. The number of carbonyl (C=O) groups is 1. The summed E-state index contributed by atoms with van der Waals surface area (Å²) in [5.41, 5.74) is 0.951. The minimum absolute atomic E-state index is 0.00928. The van der Waals surface area contributed by atoms with Crippen LogP contribution >= 0.6 is 22.6 Å². The van der Waals surface area contributed by atoms with Crippen molar-refractivity contribution in [2.75, 3.05) is 13.4 Å². The van der Waals surface area contributed by atoms with Crippen LogP contribution in [0.15, 0.2) is 42.5 Å². The lowest BCUT2D eigenvalue weighted by molar-refractivity contribution is -0.123. The number of benzene rings is 2.